The predicted molar refractivity (Wildman–Crippen MR) is 43.8 cm³/mol. The molecule has 1 N–H and O–H groups in total. The van der Waals surface area contributed by atoms with Crippen molar-refractivity contribution < 1.29 is 0 Å². The van der Waals surface area contributed by atoms with E-state index < -0.39 is 0 Å². The molecule has 0 spiro atoms. The fourth-order valence-electron chi connectivity index (χ4n) is 1.20. The highest BCUT2D eigenvalue weighted by Crippen LogP contribution is 2.27. The first-order valence-corrected chi connectivity index (χ1v) is 4.50. The van der Waals surface area contributed by atoms with E-state index in [2.05, 4.69) is 26.1 Å². The van der Waals surface area contributed by atoms with Gasteiger partial charge in [-0.2, -0.15) is 0 Å². The summed E-state index contributed by atoms with van der Waals surface area (Å²) >= 11 is 2.01. The zero-order chi connectivity index (χ0) is 6.91. The number of rotatable bonds is 0. The largest absolute Gasteiger partial charge is 0.301 e. The van der Waals surface area contributed by atoms with Gasteiger partial charge in [0.15, 0.2) is 0 Å². The molecule has 0 aromatic heterocycles. The van der Waals surface area contributed by atoms with E-state index in [1.165, 1.54) is 12.2 Å². The van der Waals surface area contributed by atoms with Crippen molar-refractivity contribution in [2.45, 2.75) is 38.1 Å². The summed E-state index contributed by atoms with van der Waals surface area (Å²) in [7, 11) is 0. The van der Waals surface area contributed by atoms with Crippen LogP contribution < -0.4 is 5.32 Å². The van der Waals surface area contributed by atoms with Crippen LogP contribution in [0.5, 0.6) is 0 Å². The van der Waals surface area contributed by atoms with Gasteiger partial charge in [0.05, 0.1) is 4.87 Å². The minimum Gasteiger partial charge on any atom is -0.301 e. The van der Waals surface area contributed by atoms with E-state index in [0.717, 1.165) is 0 Å². The Labute approximate surface area is 61.6 Å². The van der Waals surface area contributed by atoms with Crippen LogP contribution in [0.4, 0.5) is 0 Å². The maximum atomic E-state index is 3.52. The van der Waals surface area contributed by atoms with Crippen molar-refractivity contribution in [3.05, 3.63) is 0 Å². The van der Waals surface area contributed by atoms with E-state index in [9.17, 15) is 0 Å². The summed E-state index contributed by atoms with van der Waals surface area (Å²) in [5.74, 6) is 1.31. The fourth-order valence-corrected chi connectivity index (χ4v) is 2.46. The summed E-state index contributed by atoms with van der Waals surface area (Å²) in [4.78, 5) is 0.317. The Balaban J connectivity index is 2.41. The van der Waals surface area contributed by atoms with Crippen LogP contribution in [0, 0.1) is 0 Å². The summed E-state index contributed by atoms with van der Waals surface area (Å²) in [6, 6.07) is 0.709. The van der Waals surface area contributed by atoms with E-state index in [1.807, 2.05) is 11.8 Å². The van der Waals surface area contributed by atoms with Crippen LogP contribution >= 0.6 is 11.8 Å². The normalized spacial score (nSPS) is 34.3. The second-order valence-corrected chi connectivity index (χ2v) is 4.91. The molecule has 0 aromatic carbocycles. The number of hydrogen-bond donors (Lipinski definition) is 1. The van der Waals surface area contributed by atoms with E-state index in [-0.39, 0.29) is 0 Å². The van der Waals surface area contributed by atoms with Gasteiger partial charge in [-0.1, -0.05) is 0 Å². The molecule has 0 amide bonds. The molecule has 0 radical (unpaired) electrons. The maximum absolute atomic E-state index is 3.52. The average molecular weight is 145 g/mol. The van der Waals surface area contributed by atoms with Crippen LogP contribution in [0.3, 0.4) is 0 Å². The summed E-state index contributed by atoms with van der Waals surface area (Å²) in [5, 5.41) is 3.52. The lowest BCUT2D eigenvalue weighted by Gasteiger charge is -2.34. The van der Waals surface area contributed by atoms with Crippen LogP contribution in [0.25, 0.3) is 0 Å². The van der Waals surface area contributed by atoms with Crippen molar-refractivity contribution in [3.8, 4) is 0 Å². The van der Waals surface area contributed by atoms with Crippen molar-refractivity contribution in [3.63, 3.8) is 0 Å². The average Bonchev–Trinajstić information content (AvgIpc) is 1.60. The molecule has 2 heteroatoms. The van der Waals surface area contributed by atoms with Gasteiger partial charge in [-0.25, -0.2) is 0 Å². The van der Waals surface area contributed by atoms with Crippen molar-refractivity contribution in [1.82, 2.24) is 5.32 Å². The molecule has 0 bridgehead atoms. The third-order valence-electron chi connectivity index (χ3n) is 1.61. The lowest BCUT2D eigenvalue weighted by Crippen LogP contribution is -2.46. The second-order valence-electron chi connectivity index (χ2n) is 3.19. The van der Waals surface area contributed by atoms with E-state index >= 15 is 0 Å². The second kappa shape index (κ2) is 2.51. The van der Waals surface area contributed by atoms with Crippen LogP contribution in [0.15, 0.2) is 0 Å². The lowest BCUT2D eigenvalue weighted by atomic mass is 10.2. The smallest absolute Gasteiger partial charge is 0.0590 e. The molecule has 1 saturated heterocycles. The van der Waals surface area contributed by atoms with Gasteiger partial charge in [0, 0.05) is 6.04 Å². The van der Waals surface area contributed by atoms with Gasteiger partial charge in [-0.15, -0.1) is 11.8 Å². The highest BCUT2D eigenvalue weighted by Gasteiger charge is 2.24. The molecule has 1 atom stereocenters. The summed E-state index contributed by atoms with van der Waals surface area (Å²) in [6.07, 6.45) is 1.31. The minimum absolute atomic E-state index is 0.317. The van der Waals surface area contributed by atoms with Crippen LogP contribution in [-0.4, -0.2) is 16.7 Å². The van der Waals surface area contributed by atoms with Gasteiger partial charge in [0.1, 0.15) is 0 Å². The SMILES string of the molecule is CC1CCSC(C)(C)N1. The Hall–Kier alpha value is 0.310. The van der Waals surface area contributed by atoms with Crippen LogP contribution in [0.2, 0.25) is 0 Å². The van der Waals surface area contributed by atoms with E-state index in [4.69, 9.17) is 0 Å². The third-order valence-corrected chi connectivity index (χ3v) is 2.89. The first kappa shape index (κ1) is 7.42. The van der Waals surface area contributed by atoms with E-state index in [0.29, 0.717) is 10.9 Å². The fraction of sp³-hybridized carbons (Fsp3) is 1.00. The maximum Gasteiger partial charge on any atom is 0.0590 e. The quantitative estimate of drug-likeness (QED) is 0.558. The number of thioether (sulfide) groups is 1. The van der Waals surface area contributed by atoms with Gasteiger partial charge in [-0.05, 0) is 32.9 Å². The van der Waals surface area contributed by atoms with Gasteiger partial charge >= 0.3 is 0 Å². The highest BCUT2D eigenvalue weighted by atomic mass is 32.2. The molecule has 9 heavy (non-hydrogen) atoms. The number of nitrogens with one attached hydrogen (secondary N) is 1. The molecule has 0 saturated carbocycles. The Morgan fingerprint density at radius 1 is 1.56 bits per heavy atom. The van der Waals surface area contributed by atoms with Gasteiger partial charge in [0.2, 0.25) is 0 Å². The zero-order valence-corrected chi connectivity index (χ0v) is 7.22. The molecular formula is C7H15NS. The molecule has 1 heterocycles. The first-order chi connectivity index (χ1) is 4.10. The molecule has 1 fully saturated rings. The van der Waals surface area contributed by atoms with Crippen molar-refractivity contribution >= 4 is 11.8 Å². The van der Waals surface area contributed by atoms with Crippen molar-refractivity contribution in [1.29, 1.82) is 0 Å². The van der Waals surface area contributed by atoms with Crippen LogP contribution in [-0.2, 0) is 0 Å². The third kappa shape index (κ3) is 2.18. The van der Waals surface area contributed by atoms with Crippen molar-refractivity contribution in [2.24, 2.45) is 0 Å². The predicted octanol–water partition coefficient (Wildman–Crippen LogP) is 1.84. The van der Waals surface area contributed by atoms with E-state index in [1.54, 1.807) is 0 Å². The standard InChI is InChI=1S/C7H15NS/c1-6-4-5-9-7(2,3)8-6/h6,8H,4-5H2,1-3H3. The lowest BCUT2D eigenvalue weighted by molar-refractivity contribution is 0.434. The monoisotopic (exact) mass is 145 g/mol. The van der Waals surface area contributed by atoms with Crippen molar-refractivity contribution in [2.75, 3.05) is 5.75 Å². The Morgan fingerprint density at radius 2 is 2.22 bits per heavy atom. The Kier molecular flexibility index (Phi) is 2.07. The Morgan fingerprint density at radius 3 is 2.56 bits per heavy atom. The number of hydrogen-bond acceptors (Lipinski definition) is 2. The van der Waals surface area contributed by atoms with Gasteiger partial charge in [0.25, 0.3) is 0 Å². The first-order valence-electron chi connectivity index (χ1n) is 3.52. The molecule has 1 nitrogen and oxygen atoms in total. The Bertz CT molecular complexity index is 101. The van der Waals surface area contributed by atoms with Crippen LogP contribution in [0.1, 0.15) is 27.2 Å². The summed E-state index contributed by atoms with van der Waals surface area (Å²) in [6.45, 7) is 6.74. The molecule has 1 aliphatic heterocycles. The van der Waals surface area contributed by atoms with Gasteiger partial charge in [-0.3, -0.25) is 0 Å². The molecule has 54 valence electrons. The zero-order valence-electron chi connectivity index (χ0n) is 6.40. The molecule has 1 aliphatic rings. The molecule has 0 aromatic rings. The highest BCUT2D eigenvalue weighted by molar-refractivity contribution is 8.00. The molecule has 0 aliphatic carbocycles. The molecule has 1 unspecified atom stereocenters. The summed E-state index contributed by atoms with van der Waals surface area (Å²) in [5.41, 5.74) is 0. The molecule has 1 rings (SSSR count). The summed E-state index contributed by atoms with van der Waals surface area (Å²) < 4.78 is 0. The topological polar surface area (TPSA) is 12.0 Å². The van der Waals surface area contributed by atoms with Gasteiger partial charge < -0.3 is 5.32 Å². The minimum atomic E-state index is 0.317. The molecular weight excluding hydrogens is 130 g/mol.